The average Bonchev–Trinajstić information content (AvgIpc) is 1.98. The van der Waals surface area contributed by atoms with E-state index in [1.165, 1.54) is 6.92 Å². The van der Waals surface area contributed by atoms with E-state index >= 15 is 0 Å². The van der Waals surface area contributed by atoms with Gasteiger partial charge in [0, 0.05) is 5.57 Å². The summed E-state index contributed by atoms with van der Waals surface area (Å²) in [6, 6.07) is 0. The smallest absolute Gasteiger partial charge is 0.333 e. The van der Waals surface area contributed by atoms with Gasteiger partial charge >= 0.3 is 5.97 Å². The van der Waals surface area contributed by atoms with Crippen molar-refractivity contribution >= 4 is 24.2 Å². The van der Waals surface area contributed by atoms with E-state index in [2.05, 4.69) is 6.58 Å². The number of hydrogen-bond donors (Lipinski definition) is 1. The first-order valence-electron chi connectivity index (χ1n) is 4.75. The summed E-state index contributed by atoms with van der Waals surface area (Å²) in [6.07, 6.45) is 0. The number of hydrogen-bond acceptors (Lipinski definition) is 4. The van der Waals surface area contributed by atoms with Gasteiger partial charge in [-0.05, 0) is 6.92 Å². The Bertz CT molecular complexity index is 379. The molecular formula is C9H18O5SSi. The summed E-state index contributed by atoms with van der Waals surface area (Å²) in [5.74, 6) is -0.646. The Labute approximate surface area is 97.3 Å². The first kappa shape index (κ1) is 15.3. The Balaban J connectivity index is 4.74. The molecule has 0 fully saturated rings. The molecule has 1 atom stereocenters. The second-order valence-corrected chi connectivity index (χ2v) is 12.2. The van der Waals surface area contributed by atoms with Crippen LogP contribution in [-0.2, 0) is 19.6 Å². The molecule has 0 radical (unpaired) electrons. The monoisotopic (exact) mass is 266 g/mol. The quantitative estimate of drug-likeness (QED) is 0.350. The second kappa shape index (κ2) is 5.11. The lowest BCUT2D eigenvalue weighted by atomic mass is 10.4. The maximum Gasteiger partial charge on any atom is 0.333 e. The van der Waals surface area contributed by atoms with E-state index in [1.54, 1.807) is 19.6 Å². The van der Waals surface area contributed by atoms with Crippen molar-refractivity contribution in [2.75, 3.05) is 6.61 Å². The molecule has 0 heterocycles. The zero-order chi connectivity index (χ0) is 13.1. The highest BCUT2D eigenvalue weighted by Gasteiger charge is 2.37. The van der Waals surface area contributed by atoms with Crippen LogP contribution in [0.5, 0.6) is 0 Å². The summed E-state index contributed by atoms with van der Waals surface area (Å²) >= 11 is 0. The molecule has 0 spiro atoms. The van der Waals surface area contributed by atoms with Crippen molar-refractivity contribution in [3.05, 3.63) is 12.2 Å². The third-order valence-electron chi connectivity index (χ3n) is 2.04. The van der Waals surface area contributed by atoms with E-state index in [-0.39, 0.29) is 12.2 Å². The number of carbonyl (C=O) groups is 1. The van der Waals surface area contributed by atoms with Gasteiger partial charge < -0.3 is 4.74 Å². The fourth-order valence-electron chi connectivity index (χ4n) is 1.06. The molecule has 7 heteroatoms. The fraction of sp³-hybridized carbons (Fsp3) is 0.667. The van der Waals surface area contributed by atoms with Crippen LogP contribution in [0.1, 0.15) is 6.92 Å². The Kier molecular flexibility index (Phi) is 4.90. The van der Waals surface area contributed by atoms with Gasteiger partial charge in [-0.3, -0.25) is 4.55 Å². The fourth-order valence-corrected chi connectivity index (χ4v) is 5.46. The lowest BCUT2D eigenvalue weighted by Gasteiger charge is -2.25. The van der Waals surface area contributed by atoms with Crippen LogP contribution in [0.25, 0.3) is 0 Å². The van der Waals surface area contributed by atoms with Gasteiger partial charge in [-0.2, -0.15) is 8.42 Å². The molecule has 0 aromatic heterocycles. The van der Waals surface area contributed by atoms with Crippen LogP contribution < -0.4 is 0 Å². The van der Waals surface area contributed by atoms with E-state index in [4.69, 9.17) is 9.29 Å². The zero-order valence-electron chi connectivity index (χ0n) is 9.98. The molecule has 94 valence electrons. The molecule has 0 aliphatic carbocycles. The molecule has 0 bridgehead atoms. The van der Waals surface area contributed by atoms with Crippen molar-refractivity contribution in [2.45, 2.75) is 31.4 Å². The predicted molar refractivity (Wildman–Crippen MR) is 64.5 cm³/mol. The summed E-state index contributed by atoms with van der Waals surface area (Å²) in [4.78, 5) is 10.1. The van der Waals surface area contributed by atoms with Crippen LogP contribution in [0, 0.1) is 0 Å². The van der Waals surface area contributed by atoms with Crippen LogP contribution in [0.3, 0.4) is 0 Å². The largest absolute Gasteiger partial charge is 0.461 e. The third-order valence-corrected chi connectivity index (χ3v) is 8.01. The van der Waals surface area contributed by atoms with Gasteiger partial charge in [-0.15, -0.1) is 0 Å². The van der Waals surface area contributed by atoms with Crippen LogP contribution in [0.4, 0.5) is 0 Å². The normalized spacial score (nSPS) is 14.3. The maximum atomic E-state index is 11.1. The zero-order valence-corrected chi connectivity index (χ0v) is 11.8. The van der Waals surface area contributed by atoms with Gasteiger partial charge in [0.25, 0.3) is 10.1 Å². The summed E-state index contributed by atoms with van der Waals surface area (Å²) in [5.41, 5.74) is 0.199. The van der Waals surface area contributed by atoms with E-state index in [1.807, 2.05) is 0 Å². The second-order valence-electron chi connectivity index (χ2n) is 4.75. The van der Waals surface area contributed by atoms with Crippen LogP contribution >= 0.6 is 0 Å². The number of ether oxygens (including phenoxy) is 1. The maximum absolute atomic E-state index is 11.1. The van der Waals surface area contributed by atoms with Crippen LogP contribution in [0.15, 0.2) is 12.2 Å². The number of carbonyl (C=O) groups excluding carboxylic acids is 1. The highest BCUT2D eigenvalue weighted by Crippen LogP contribution is 2.16. The van der Waals surface area contributed by atoms with Crippen molar-refractivity contribution in [2.24, 2.45) is 0 Å². The van der Waals surface area contributed by atoms with Crippen LogP contribution in [0.2, 0.25) is 19.6 Å². The molecule has 1 N–H and O–H groups in total. The Morgan fingerprint density at radius 3 is 2.12 bits per heavy atom. The minimum Gasteiger partial charge on any atom is -0.461 e. The Morgan fingerprint density at radius 2 is 1.88 bits per heavy atom. The molecule has 5 nitrogen and oxygen atoms in total. The van der Waals surface area contributed by atoms with Crippen molar-refractivity contribution in [1.82, 2.24) is 0 Å². The van der Waals surface area contributed by atoms with E-state index in [0.717, 1.165) is 0 Å². The Hall–Kier alpha value is -0.663. The van der Waals surface area contributed by atoms with Crippen LogP contribution in [-0.4, -0.2) is 38.5 Å². The van der Waals surface area contributed by atoms with E-state index in [9.17, 15) is 13.2 Å². The predicted octanol–water partition coefficient (Wildman–Crippen LogP) is 1.24. The van der Waals surface area contributed by atoms with Gasteiger partial charge in [0.1, 0.15) is 11.5 Å². The summed E-state index contributed by atoms with van der Waals surface area (Å²) in [7, 11) is -6.36. The van der Waals surface area contributed by atoms with Gasteiger partial charge in [0.05, 0.1) is 8.07 Å². The highest BCUT2D eigenvalue weighted by molar-refractivity contribution is 7.88. The average molecular weight is 266 g/mol. The van der Waals surface area contributed by atoms with Gasteiger partial charge in [0.2, 0.25) is 0 Å². The summed E-state index contributed by atoms with van der Waals surface area (Å²) in [5, 5.41) is 0. The van der Waals surface area contributed by atoms with Gasteiger partial charge in [0.15, 0.2) is 0 Å². The van der Waals surface area contributed by atoms with Crippen molar-refractivity contribution in [3.8, 4) is 0 Å². The topological polar surface area (TPSA) is 80.7 Å². The molecule has 1 unspecified atom stereocenters. The van der Waals surface area contributed by atoms with Crippen molar-refractivity contribution in [1.29, 1.82) is 0 Å². The molecule has 0 aliphatic heterocycles. The summed E-state index contributed by atoms with van der Waals surface area (Å²) in [6.45, 7) is 9.87. The lowest BCUT2D eigenvalue weighted by Crippen LogP contribution is -2.47. The lowest BCUT2D eigenvalue weighted by molar-refractivity contribution is -0.138. The molecule has 0 aliphatic rings. The minimum absolute atomic E-state index is 0.199. The minimum atomic E-state index is -4.19. The van der Waals surface area contributed by atoms with E-state index < -0.39 is 29.0 Å². The summed E-state index contributed by atoms with van der Waals surface area (Å²) < 4.78 is 36.1. The first-order chi connectivity index (χ1) is 6.96. The highest BCUT2D eigenvalue weighted by atomic mass is 32.2. The van der Waals surface area contributed by atoms with Crippen molar-refractivity contribution < 1.29 is 22.5 Å². The van der Waals surface area contributed by atoms with E-state index in [0.29, 0.717) is 0 Å². The SMILES string of the molecule is C=C(C)C(=O)OCC([Si](C)(C)C)S(=O)(=O)O. The first-order valence-corrected chi connectivity index (χ1v) is 9.83. The molecule has 0 saturated heterocycles. The molecule has 0 rings (SSSR count). The van der Waals surface area contributed by atoms with Gasteiger partial charge in [-0.25, -0.2) is 4.79 Å². The molecule has 0 aromatic carbocycles. The van der Waals surface area contributed by atoms with Crippen molar-refractivity contribution in [3.63, 3.8) is 0 Å². The number of rotatable bonds is 5. The third kappa shape index (κ3) is 4.91. The molecule has 0 aromatic rings. The number of esters is 1. The molecule has 0 amide bonds. The van der Waals surface area contributed by atoms with Gasteiger partial charge in [-0.1, -0.05) is 26.2 Å². The standard InChI is InChI=1S/C9H18O5SSi/c1-7(2)9(10)14-6-8(15(11,12)13)16(3,4)5/h8H,1,6H2,2-5H3,(H,11,12,13). The molecule has 0 saturated carbocycles. The molecular weight excluding hydrogens is 248 g/mol. The molecule has 16 heavy (non-hydrogen) atoms. The Morgan fingerprint density at radius 1 is 1.44 bits per heavy atom.